The number of amides is 1. The molecule has 7 heteroatoms. The Hall–Kier alpha value is -2.21. The van der Waals surface area contributed by atoms with E-state index in [1.54, 1.807) is 18.2 Å². The van der Waals surface area contributed by atoms with E-state index in [1.807, 2.05) is 6.92 Å². The molecule has 0 unspecified atom stereocenters. The third-order valence-electron chi connectivity index (χ3n) is 2.33. The molecule has 1 aromatic heterocycles. The van der Waals surface area contributed by atoms with Crippen LogP contribution in [0.3, 0.4) is 0 Å². The van der Waals surface area contributed by atoms with Crippen molar-refractivity contribution in [2.45, 2.75) is 6.92 Å². The summed E-state index contributed by atoms with van der Waals surface area (Å²) in [5, 5.41) is 9.41. The lowest BCUT2D eigenvalue weighted by Crippen LogP contribution is -2.13. The molecule has 1 amide bonds. The number of nitrogen functional groups attached to an aromatic ring is 1. The maximum absolute atomic E-state index is 12.0. The fraction of sp³-hybridized carbons (Fsp3) is 0.167. The summed E-state index contributed by atoms with van der Waals surface area (Å²) in [4.78, 5) is 12.0. The molecular weight excluding hydrogens is 268 g/mol. The highest BCUT2D eigenvalue weighted by Crippen LogP contribution is 2.28. The lowest BCUT2D eigenvalue weighted by Gasteiger charge is -2.11. The van der Waals surface area contributed by atoms with Crippen LogP contribution >= 0.6 is 11.6 Å². The van der Waals surface area contributed by atoms with Gasteiger partial charge >= 0.3 is 0 Å². The van der Waals surface area contributed by atoms with Crippen LogP contribution in [0, 0.1) is 0 Å². The number of carbonyl (C=O) groups is 1. The van der Waals surface area contributed by atoms with Crippen LogP contribution in [0.1, 0.15) is 17.4 Å². The van der Waals surface area contributed by atoms with Crippen molar-refractivity contribution in [1.29, 1.82) is 0 Å². The molecule has 0 aliphatic heterocycles. The number of hydrogen-bond acceptors (Lipinski definition) is 4. The smallest absolute Gasteiger partial charge is 0.273 e. The predicted molar refractivity (Wildman–Crippen MR) is 73.6 cm³/mol. The average molecular weight is 281 g/mol. The van der Waals surface area contributed by atoms with E-state index in [-0.39, 0.29) is 17.4 Å². The number of nitrogens with two attached hydrogens (primary N) is 1. The van der Waals surface area contributed by atoms with Crippen molar-refractivity contribution < 1.29 is 9.53 Å². The Balaban J connectivity index is 2.22. The number of hydrogen-bond donors (Lipinski definition) is 3. The zero-order valence-electron chi connectivity index (χ0n) is 10.2. The van der Waals surface area contributed by atoms with Crippen molar-refractivity contribution in [2.24, 2.45) is 0 Å². The number of halogens is 1. The number of ether oxygens (including phenoxy) is 1. The molecule has 0 aliphatic carbocycles. The van der Waals surface area contributed by atoms with Crippen molar-refractivity contribution in [3.63, 3.8) is 0 Å². The Labute approximate surface area is 114 Å². The lowest BCUT2D eigenvalue weighted by molar-refractivity contribution is 0.102. The summed E-state index contributed by atoms with van der Waals surface area (Å²) < 4.78 is 5.41. The molecule has 100 valence electrons. The van der Waals surface area contributed by atoms with Crippen molar-refractivity contribution >= 4 is 29.0 Å². The van der Waals surface area contributed by atoms with Gasteiger partial charge in [0, 0.05) is 11.1 Å². The molecule has 2 aromatic rings. The van der Waals surface area contributed by atoms with Crippen LogP contribution in [0.15, 0.2) is 24.3 Å². The first kappa shape index (κ1) is 13.2. The third kappa shape index (κ3) is 3.17. The highest BCUT2D eigenvalue weighted by Gasteiger charge is 2.12. The van der Waals surface area contributed by atoms with Gasteiger partial charge in [0.25, 0.3) is 5.91 Å². The van der Waals surface area contributed by atoms with Crippen molar-refractivity contribution in [1.82, 2.24) is 10.2 Å². The van der Waals surface area contributed by atoms with Crippen LogP contribution in [0.4, 0.5) is 11.5 Å². The Bertz CT molecular complexity index is 597. The van der Waals surface area contributed by atoms with Gasteiger partial charge in [-0.15, -0.1) is 0 Å². The maximum Gasteiger partial charge on any atom is 0.273 e. The van der Waals surface area contributed by atoms with Gasteiger partial charge in [-0.2, -0.15) is 5.10 Å². The second-order valence-corrected chi connectivity index (χ2v) is 4.17. The van der Waals surface area contributed by atoms with E-state index in [2.05, 4.69) is 15.5 Å². The molecule has 1 heterocycles. The molecule has 4 N–H and O–H groups in total. The average Bonchev–Trinajstić information content (AvgIpc) is 2.80. The second kappa shape index (κ2) is 5.62. The van der Waals surface area contributed by atoms with Gasteiger partial charge in [-0.05, 0) is 25.1 Å². The summed E-state index contributed by atoms with van der Waals surface area (Å²) in [6.45, 7) is 2.34. The summed E-state index contributed by atoms with van der Waals surface area (Å²) in [6, 6.07) is 6.45. The highest BCUT2D eigenvalue weighted by atomic mass is 35.5. The van der Waals surface area contributed by atoms with E-state index in [1.165, 1.54) is 6.07 Å². The van der Waals surface area contributed by atoms with E-state index in [4.69, 9.17) is 22.1 Å². The minimum atomic E-state index is -0.368. The molecule has 0 spiro atoms. The molecule has 2 rings (SSSR count). The summed E-state index contributed by atoms with van der Waals surface area (Å²) in [7, 11) is 0. The van der Waals surface area contributed by atoms with Crippen LogP contribution in [0.2, 0.25) is 5.02 Å². The number of aromatic nitrogens is 2. The fourth-order valence-electron chi connectivity index (χ4n) is 1.52. The Morgan fingerprint density at radius 1 is 1.53 bits per heavy atom. The van der Waals surface area contributed by atoms with E-state index >= 15 is 0 Å². The normalized spacial score (nSPS) is 10.2. The van der Waals surface area contributed by atoms with Gasteiger partial charge < -0.3 is 15.8 Å². The number of H-pyrrole nitrogens is 1. The van der Waals surface area contributed by atoms with Crippen LogP contribution in [0.5, 0.6) is 5.75 Å². The lowest BCUT2D eigenvalue weighted by atomic mass is 10.2. The standard InChI is InChI=1S/C12H13ClN4O2/c1-2-19-10-4-3-7(13)5-8(10)15-12(18)9-6-11(14)17-16-9/h3-6H,2H2,1H3,(H,15,18)(H3,14,16,17). The number of benzene rings is 1. The van der Waals surface area contributed by atoms with Crippen molar-refractivity contribution in [3.05, 3.63) is 35.0 Å². The number of nitrogens with zero attached hydrogens (tertiary/aromatic N) is 1. The molecular formula is C12H13ClN4O2. The minimum Gasteiger partial charge on any atom is -0.492 e. The van der Waals surface area contributed by atoms with Gasteiger partial charge in [-0.3, -0.25) is 9.89 Å². The van der Waals surface area contributed by atoms with Crippen molar-refractivity contribution in [2.75, 3.05) is 17.7 Å². The van der Waals surface area contributed by atoms with Gasteiger partial charge in [0.2, 0.25) is 0 Å². The fourth-order valence-corrected chi connectivity index (χ4v) is 1.70. The van der Waals surface area contributed by atoms with E-state index < -0.39 is 0 Å². The SMILES string of the molecule is CCOc1ccc(Cl)cc1NC(=O)c1cc(N)n[nH]1. The van der Waals surface area contributed by atoms with Gasteiger partial charge in [0.1, 0.15) is 17.3 Å². The first-order valence-electron chi connectivity index (χ1n) is 5.64. The molecule has 6 nitrogen and oxygen atoms in total. The predicted octanol–water partition coefficient (Wildman–Crippen LogP) is 2.30. The number of aromatic amines is 1. The monoisotopic (exact) mass is 280 g/mol. The highest BCUT2D eigenvalue weighted by molar-refractivity contribution is 6.31. The molecule has 0 saturated heterocycles. The van der Waals surface area contributed by atoms with Crippen LogP contribution in [-0.2, 0) is 0 Å². The van der Waals surface area contributed by atoms with E-state index in [9.17, 15) is 4.79 Å². The minimum absolute atomic E-state index is 0.251. The molecule has 0 atom stereocenters. The van der Waals surface area contributed by atoms with Gasteiger partial charge in [-0.25, -0.2) is 0 Å². The number of anilines is 2. The summed E-state index contributed by atoms with van der Waals surface area (Å²) in [6.07, 6.45) is 0. The molecule has 0 radical (unpaired) electrons. The molecule has 0 saturated carbocycles. The van der Waals surface area contributed by atoms with Gasteiger partial charge in [-0.1, -0.05) is 11.6 Å². The Morgan fingerprint density at radius 3 is 2.95 bits per heavy atom. The zero-order chi connectivity index (χ0) is 13.8. The number of nitrogens with one attached hydrogen (secondary N) is 2. The van der Waals surface area contributed by atoms with Gasteiger partial charge in [0.05, 0.1) is 12.3 Å². The molecule has 0 fully saturated rings. The second-order valence-electron chi connectivity index (χ2n) is 3.73. The topological polar surface area (TPSA) is 93.0 Å². The first-order valence-corrected chi connectivity index (χ1v) is 6.02. The van der Waals surface area contributed by atoms with Crippen LogP contribution in [-0.4, -0.2) is 22.7 Å². The van der Waals surface area contributed by atoms with E-state index in [0.717, 1.165) is 0 Å². The summed E-state index contributed by atoms with van der Waals surface area (Å²) in [5.74, 6) is 0.432. The Morgan fingerprint density at radius 2 is 2.32 bits per heavy atom. The Kier molecular flexibility index (Phi) is 3.91. The number of carbonyl (C=O) groups excluding carboxylic acids is 1. The van der Waals surface area contributed by atoms with Crippen LogP contribution < -0.4 is 15.8 Å². The third-order valence-corrected chi connectivity index (χ3v) is 2.57. The van der Waals surface area contributed by atoms with Crippen LogP contribution in [0.25, 0.3) is 0 Å². The van der Waals surface area contributed by atoms with Crippen molar-refractivity contribution in [3.8, 4) is 5.75 Å². The molecule has 19 heavy (non-hydrogen) atoms. The summed E-state index contributed by atoms with van der Waals surface area (Å²) >= 11 is 5.90. The van der Waals surface area contributed by atoms with Gasteiger partial charge in [0.15, 0.2) is 0 Å². The largest absolute Gasteiger partial charge is 0.492 e. The molecule has 0 bridgehead atoms. The zero-order valence-corrected chi connectivity index (χ0v) is 11.0. The molecule has 0 aliphatic rings. The first-order chi connectivity index (χ1) is 9.10. The summed E-state index contributed by atoms with van der Waals surface area (Å²) in [5.41, 5.74) is 6.20. The quantitative estimate of drug-likeness (QED) is 0.801. The number of rotatable bonds is 4. The molecule has 1 aromatic carbocycles. The maximum atomic E-state index is 12.0. The van der Waals surface area contributed by atoms with E-state index in [0.29, 0.717) is 23.1 Å².